The molecule has 0 saturated carbocycles. The van der Waals surface area contributed by atoms with Crippen molar-refractivity contribution in [2.45, 2.75) is 51.5 Å². The molecule has 37 heavy (non-hydrogen) atoms. The van der Waals surface area contributed by atoms with E-state index in [0.717, 1.165) is 67.7 Å². The third kappa shape index (κ3) is 4.73. The Morgan fingerprint density at radius 2 is 2.00 bits per heavy atom. The third-order valence-electron chi connectivity index (χ3n) is 7.68. The molecule has 1 aromatic carbocycles. The number of aromatic nitrogens is 5. The number of benzene rings is 1. The number of nitrogens with two attached hydrogens (primary N) is 1. The van der Waals surface area contributed by atoms with Crippen LogP contribution in [0.4, 0.5) is 5.82 Å². The Hall–Kier alpha value is -3.31. The Kier molecular flexibility index (Phi) is 6.20. The molecule has 1 aliphatic heterocycles. The van der Waals surface area contributed by atoms with Crippen LogP contribution in [0, 0.1) is 5.92 Å². The average molecular weight is 522 g/mol. The zero-order valence-electron chi connectivity index (χ0n) is 20.9. The van der Waals surface area contributed by atoms with Gasteiger partial charge in [0, 0.05) is 31.6 Å². The van der Waals surface area contributed by atoms with Crippen molar-refractivity contribution >= 4 is 27.0 Å². The highest BCUT2D eigenvalue weighted by molar-refractivity contribution is 7.88. The molecular formula is C26H31N7O3S. The molecule has 1 fully saturated rings. The van der Waals surface area contributed by atoms with Crippen molar-refractivity contribution in [1.29, 1.82) is 0 Å². The van der Waals surface area contributed by atoms with Gasteiger partial charge in [0.2, 0.25) is 15.9 Å². The Morgan fingerprint density at radius 3 is 2.76 bits per heavy atom. The number of fused-ring (bicyclic) bond motifs is 2. The van der Waals surface area contributed by atoms with E-state index in [2.05, 4.69) is 31.7 Å². The quantitative estimate of drug-likeness (QED) is 0.374. The van der Waals surface area contributed by atoms with Gasteiger partial charge in [-0.2, -0.15) is 0 Å². The van der Waals surface area contributed by atoms with Gasteiger partial charge in [-0.25, -0.2) is 32.7 Å². The number of anilines is 1. The minimum atomic E-state index is -3.13. The molecular weight excluding hydrogens is 490 g/mol. The summed E-state index contributed by atoms with van der Waals surface area (Å²) in [7, 11) is -3.13. The lowest BCUT2D eigenvalue weighted by Gasteiger charge is -2.15. The number of imidazole rings is 1. The monoisotopic (exact) mass is 521 g/mol. The van der Waals surface area contributed by atoms with Crippen LogP contribution in [0.3, 0.4) is 0 Å². The number of aryl methyl sites for hydroxylation is 3. The Bertz CT molecular complexity index is 1550. The maximum absolute atomic E-state index is 11.9. The van der Waals surface area contributed by atoms with Crippen LogP contribution in [0.1, 0.15) is 48.2 Å². The topological polar surface area (TPSA) is 133 Å². The summed E-state index contributed by atoms with van der Waals surface area (Å²) in [4.78, 5) is 18.0. The predicted molar refractivity (Wildman–Crippen MR) is 140 cm³/mol. The van der Waals surface area contributed by atoms with Gasteiger partial charge >= 0.3 is 0 Å². The molecule has 6 rings (SSSR count). The normalized spacial score (nSPS) is 18.1. The van der Waals surface area contributed by atoms with Crippen LogP contribution in [-0.4, -0.2) is 56.6 Å². The highest BCUT2D eigenvalue weighted by atomic mass is 32.2. The number of oxazole rings is 1. The van der Waals surface area contributed by atoms with Gasteiger partial charge in [-0.05, 0) is 67.2 Å². The van der Waals surface area contributed by atoms with Gasteiger partial charge in [0.15, 0.2) is 17.0 Å². The Labute approximate surface area is 216 Å². The summed E-state index contributed by atoms with van der Waals surface area (Å²) in [6, 6.07) is 4.50. The van der Waals surface area contributed by atoms with E-state index in [0.29, 0.717) is 42.7 Å². The van der Waals surface area contributed by atoms with Crippen LogP contribution in [0.15, 0.2) is 35.3 Å². The van der Waals surface area contributed by atoms with E-state index in [1.807, 2.05) is 0 Å². The van der Waals surface area contributed by atoms with Crippen LogP contribution in [0.5, 0.6) is 0 Å². The number of nitrogen functional groups attached to an aromatic ring is 1. The lowest BCUT2D eigenvalue weighted by Crippen LogP contribution is -2.27. The van der Waals surface area contributed by atoms with Crippen LogP contribution in [0.2, 0.25) is 0 Å². The maximum Gasteiger partial charge on any atom is 0.226 e. The molecule has 0 spiro atoms. The Morgan fingerprint density at radius 1 is 1.16 bits per heavy atom. The van der Waals surface area contributed by atoms with E-state index >= 15 is 0 Å². The SMILES string of the molecule is CS(=O)(=O)N1CCC(CCCn2c(Cc3cc4c(cc3-c3ncco3)CCC4)nc3c(N)ncnc32)C1. The summed E-state index contributed by atoms with van der Waals surface area (Å²) in [6.45, 7) is 1.92. The molecule has 2 aliphatic rings. The molecule has 0 radical (unpaired) electrons. The van der Waals surface area contributed by atoms with Crippen molar-refractivity contribution in [3.05, 3.63) is 53.4 Å². The average Bonchev–Trinajstić information content (AvgIpc) is 3.66. The minimum Gasteiger partial charge on any atom is -0.445 e. The standard InChI is InChI=1S/C26H31N7O3S/c1-37(34,35)32-10-7-17(15-32)4-3-9-33-22(31-23-24(27)29-16-30-25(23)33)14-20-12-18-5-2-6-19(18)13-21(20)26-28-8-11-36-26/h8,11-13,16-17H,2-7,9-10,14-15H2,1H3,(H2,27,29,30). The van der Waals surface area contributed by atoms with Crippen molar-refractivity contribution in [3.63, 3.8) is 0 Å². The van der Waals surface area contributed by atoms with Gasteiger partial charge in [-0.15, -0.1) is 0 Å². The lowest BCUT2D eigenvalue weighted by atomic mass is 9.97. The van der Waals surface area contributed by atoms with Gasteiger partial charge in [0.25, 0.3) is 0 Å². The molecule has 3 aromatic heterocycles. The summed E-state index contributed by atoms with van der Waals surface area (Å²) in [5.41, 5.74) is 12.4. The fourth-order valence-electron chi connectivity index (χ4n) is 5.79. The highest BCUT2D eigenvalue weighted by Crippen LogP contribution is 2.33. The molecule has 2 N–H and O–H groups in total. The van der Waals surface area contributed by atoms with Crippen LogP contribution in [0.25, 0.3) is 22.6 Å². The third-order valence-corrected chi connectivity index (χ3v) is 8.95. The maximum atomic E-state index is 11.9. The molecule has 1 unspecified atom stereocenters. The van der Waals surface area contributed by atoms with Crippen LogP contribution in [-0.2, 0) is 35.8 Å². The van der Waals surface area contributed by atoms with E-state index in [1.54, 1.807) is 16.8 Å². The van der Waals surface area contributed by atoms with Gasteiger partial charge in [-0.1, -0.05) is 6.07 Å². The Balaban J connectivity index is 1.29. The molecule has 194 valence electrons. The summed E-state index contributed by atoms with van der Waals surface area (Å²) in [5.74, 6) is 2.22. The minimum absolute atomic E-state index is 0.362. The second-order valence-electron chi connectivity index (χ2n) is 10.2. The fraction of sp³-hybridized carbons (Fsp3) is 0.462. The van der Waals surface area contributed by atoms with Crippen molar-refractivity contribution in [2.75, 3.05) is 25.1 Å². The zero-order valence-corrected chi connectivity index (χ0v) is 21.7. The lowest BCUT2D eigenvalue weighted by molar-refractivity contribution is 0.434. The number of nitrogens with zero attached hydrogens (tertiary/aromatic N) is 6. The first-order valence-electron chi connectivity index (χ1n) is 12.8. The first-order chi connectivity index (χ1) is 17.9. The smallest absolute Gasteiger partial charge is 0.226 e. The number of hydrogen-bond donors (Lipinski definition) is 1. The van der Waals surface area contributed by atoms with Gasteiger partial charge in [0.05, 0.1) is 12.5 Å². The summed E-state index contributed by atoms with van der Waals surface area (Å²) < 4.78 is 33.2. The van der Waals surface area contributed by atoms with Crippen molar-refractivity contribution in [2.24, 2.45) is 5.92 Å². The van der Waals surface area contributed by atoms with Gasteiger partial charge < -0.3 is 14.7 Å². The molecule has 11 heteroatoms. The van der Waals surface area contributed by atoms with Crippen LogP contribution >= 0.6 is 0 Å². The molecule has 4 aromatic rings. The second kappa shape index (κ2) is 9.53. The van der Waals surface area contributed by atoms with Gasteiger partial charge in [0.1, 0.15) is 18.4 Å². The number of rotatable bonds is 8. The zero-order chi connectivity index (χ0) is 25.6. The van der Waals surface area contributed by atoms with E-state index in [9.17, 15) is 8.42 Å². The summed E-state index contributed by atoms with van der Waals surface area (Å²) in [6.07, 6.45) is 12.7. The highest BCUT2D eigenvalue weighted by Gasteiger charge is 2.28. The number of sulfonamides is 1. The number of hydrogen-bond acceptors (Lipinski definition) is 8. The molecule has 1 atom stereocenters. The molecule has 0 bridgehead atoms. The van der Waals surface area contributed by atoms with Crippen molar-refractivity contribution in [3.8, 4) is 11.5 Å². The predicted octanol–water partition coefficient (Wildman–Crippen LogP) is 3.20. The largest absolute Gasteiger partial charge is 0.445 e. The summed E-state index contributed by atoms with van der Waals surface area (Å²) >= 11 is 0. The van der Waals surface area contributed by atoms with Gasteiger partial charge in [-0.3, -0.25) is 0 Å². The van der Waals surface area contributed by atoms with Crippen molar-refractivity contribution < 1.29 is 12.8 Å². The van der Waals surface area contributed by atoms with E-state index in [-0.39, 0.29) is 0 Å². The second-order valence-corrected chi connectivity index (χ2v) is 12.2. The van der Waals surface area contributed by atoms with Crippen molar-refractivity contribution in [1.82, 2.24) is 28.8 Å². The first-order valence-corrected chi connectivity index (χ1v) is 14.7. The fourth-order valence-corrected chi connectivity index (χ4v) is 6.71. The molecule has 4 heterocycles. The molecule has 10 nitrogen and oxygen atoms in total. The summed E-state index contributed by atoms with van der Waals surface area (Å²) in [5, 5.41) is 0. The van der Waals surface area contributed by atoms with E-state index < -0.39 is 10.0 Å². The molecule has 1 aliphatic carbocycles. The van der Waals surface area contributed by atoms with Crippen LogP contribution < -0.4 is 5.73 Å². The molecule has 0 amide bonds. The first kappa shape index (κ1) is 24.1. The molecule has 1 saturated heterocycles. The van der Waals surface area contributed by atoms with E-state index in [4.69, 9.17) is 15.1 Å². The van der Waals surface area contributed by atoms with E-state index in [1.165, 1.54) is 23.7 Å².